The Morgan fingerprint density at radius 2 is 0.857 bits per heavy atom. The molecule has 0 unspecified atom stereocenters. The van der Waals surface area contributed by atoms with E-state index in [1.54, 1.807) is 13.8 Å². The Morgan fingerprint density at radius 3 is 1.00 bits per heavy atom. The molecule has 1 rings (SSSR count). The monoisotopic (exact) mass is 198 g/mol. The number of rotatable bonds is 2. The zero-order chi connectivity index (χ0) is 10.9. The molecule has 0 spiro atoms. The Morgan fingerprint density at radius 1 is 0.643 bits per heavy atom. The van der Waals surface area contributed by atoms with Gasteiger partial charge in [0.25, 0.3) is 0 Å². The molecular weight excluding hydrogens is 184 g/mol. The smallest absolute Gasteiger partial charge is 0.164 e. The van der Waals surface area contributed by atoms with Gasteiger partial charge in [-0.2, -0.15) is 0 Å². The van der Waals surface area contributed by atoms with E-state index in [0.29, 0.717) is 12.8 Å². The summed E-state index contributed by atoms with van der Waals surface area (Å²) in [5.74, 6) is -1.39. The molecular formula is C10H14O4. The minimum atomic E-state index is -0.348. The van der Waals surface area contributed by atoms with Crippen molar-refractivity contribution in [1.29, 1.82) is 0 Å². The summed E-state index contributed by atoms with van der Waals surface area (Å²) in [6.45, 7) is 3.42. The fourth-order valence-corrected chi connectivity index (χ4v) is 1.47. The molecule has 0 aliphatic carbocycles. The van der Waals surface area contributed by atoms with Gasteiger partial charge in [0.1, 0.15) is 0 Å². The van der Waals surface area contributed by atoms with E-state index in [1.165, 1.54) is 0 Å². The van der Waals surface area contributed by atoms with E-state index < -0.39 is 0 Å². The van der Waals surface area contributed by atoms with Crippen LogP contribution < -0.4 is 0 Å². The summed E-state index contributed by atoms with van der Waals surface area (Å²) in [5, 5.41) is 38.0. The van der Waals surface area contributed by atoms with Gasteiger partial charge in [-0.05, 0) is 12.8 Å². The summed E-state index contributed by atoms with van der Waals surface area (Å²) >= 11 is 0. The Bertz CT molecular complexity index is 294. The van der Waals surface area contributed by atoms with Gasteiger partial charge in [0, 0.05) is 11.1 Å². The Kier molecular flexibility index (Phi) is 2.74. The Hall–Kier alpha value is -1.58. The molecule has 1 aromatic carbocycles. The molecule has 0 heterocycles. The average molecular weight is 198 g/mol. The van der Waals surface area contributed by atoms with Gasteiger partial charge in [0.05, 0.1) is 0 Å². The number of benzene rings is 1. The second-order valence-electron chi connectivity index (χ2n) is 3.06. The number of aromatic hydroxyl groups is 4. The van der Waals surface area contributed by atoms with Gasteiger partial charge >= 0.3 is 0 Å². The van der Waals surface area contributed by atoms with Crippen LogP contribution in [0.3, 0.4) is 0 Å². The minimum absolute atomic E-state index is 0.164. The predicted octanol–water partition coefficient (Wildman–Crippen LogP) is 1.63. The van der Waals surface area contributed by atoms with Crippen LogP contribution in [0.4, 0.5) is 0 Å². The first-order valence-corrected chi connectivity index (χ1v) is 4.52. The van der Waals surface area contributed by atoms with Gasteiger partial charge in [-0.25, -0.2) is 0 Å². The van der Waals surface area contributed by atoms with Crippen molar-refractivity contribution in [2.75, 3.05) is 0 Å². The average Bonchev–Trinajstić information content (AvgIpc) is 2.17. The summed E-state index contributed by atoms with van der Waals surface area (Å²) in [7, 11) is 0. The van der Waals surface area contributed by atoms with Crippen molar-refractivity contribution in [1.82, 2.24) is 0 Å². The van der Waals surface area contributed by atoms with Crippen molar-refractivity contribution < 1.29 is 20.4 Å². The van der Waals surface area contributed by atoms with E-state index in [4.69, 9.17) is 0 Å². The SMILES string of the molecule is CCc1c(O)c(O)c(CC)c(O)c1O. The fourth-order valence-electron chi connectivity index (χ4n) is 1.47. The highest BCUT2D eigenvalue weighted by Crippen LogP contribution is 2.46. The normalized spacial score (nSPS) is 10.4. The van der Waals surface area contributed by atoms with Crippen LogP contribution in [-0.2, 0) is 12.8 Å². The summed E-state index contributed by atoms with van der Waals surface area (Å²) in [5.41, 5.74) is 0.328. The molecule has 0 atom stereocenters. The molecule has 4 nitrogen and oxygen atoms in total. The maximum absolute atomic E-state index is 9.49. The van der Waals surface area contributed by atoms with Crippen LogP contribution in [0.2, 0.25) is 0 Å². The van der Waals surface area contributed by atoms with Crippen molar-refractivity contribution >= 4 is 0 Å². The van der Waals surface area contributed by atoms with Gasteiger partial charge in [-0.3, -0.25) is 0 Å². The molecule has 0 aliphatic rings. The molecule has 78 valence electrons. The van der Waals surface area contributed by atoms with Crippen molar-refractivity contribution in [3.63, 3.8) is 0 Å². The lowest BCUT2D eigenvalue weighted by atomic mass is 10.0. The van der Waals surface area contributed by atoms with E-state index >= 15 is 0 Å². The standard InChI is InChI=1S/C10H14O4/c1-3-5-7(11)9(13)6(4-2)10(14)8(5)12/h11-14H,3-4H2,1-2H3. The summed E-state index contributed by atoms with van der Waals surface area (Å²) in [4.78, 5) is 0. The van der Waals surface area contributed by atoms with Gasteiger partial charge in [-0.1, -0.05) is 13.8 Å². The molecule has 0 bridgehead atoms. The first kappa shape index (κ1) is 10.5. The summed E-state index contributed by atoms with van der Waals surface area (Å²) in [6.07, 6.45) is 0.672. The molecule has 4 heteroatoms. The molecule has 0 aliphatic heterocycles. The van der Waals surface area contributed by atoms with Gasteiger partial charge in [-0.15, -0.1) is 0 Å². The van der Waals surface area contributed by atoms with E-state index in [-0.39, 0.29) is 34.1 Å². The molecule has 0 saturated carbocycles. The van der Waals surface area contributed by atoms with Crippen LogP contribution >= 0.6 is 0 Å². The van der Waals surface area contributed by atoms with Crippen molar-refractivity contribution in [2.45, 2.75) is 26.7 Å². The Balaban J connectivity index is 3.55. The van der Waals surface area contributed by atoms with Gasteiger partial charge < -0.3 is 20.4 Å². The highest BCUT2D eigenvalue weighted by atomic mass is 16.3. The molecule has 0 radical (unpaired) electrons. The highest BCUT2D eigenvalue weighted by Gasteiger charge is 2.20. The zero-order valence-electron chi connectivity index (χ0n) is 8.20. The molecule has 1 aromatic rings. The van der Waals surface area contributed by atoms with Crippen molar-refractivity contribution in [3.05, 3.63) is 11.1 Å². The van der Waals surface area contributed by atoms with Crippen LogP contribution in [0.15, 0.2) is 0 Å². The maximum Gasteiger partial charge on any atom is 0.164 e. The van der Waals surface area contributed by atoms with Gasteiger partial charge in [0.2, 0.25) is 0 Å². The van der Waals surface area contributed by atoms with Crippen molar-refractivity contribution in [2.24, 2.45) is 0 Å². The molecule has 0 aromatic heterocycles. The molecule has 0 fully saturated rings. The molecule has 14 heavy (non-hydrogen) atoms. The topological polar surface area (TPSA) is 80.9 Å². The van der Waals surface area contributed by atoms with Crippen molar-refractivity contribution in [3.8, 4) is 23.0 Å². The summed E-state index contributed by atoms with van der Waals surface area (Å²) < 4.78 is 0. The summed E-state index contributed by atoms with van der Waals surface area (Å²) in [6, 6.07) is 0. The number of phenols is 4. The lowest BCUT2D eigenvalue weighted by Crippen LogP contribution is -1.91. The third kappa shape index (κ3) is 1.32. The minimum Gasteiger partial charge on any atom is -0.504 e. The quantitative estimate of drug-likeness (QED) is 0.430. The molecule has 4 N–H and O–H groups in total. The molecule has 0 saturated heterocycles. The fraction of sp³-hybridized carbons (Fsp3) is 0.400. The second-order valence-corrected chi connectivity index (χ2v) is 3.06. The third-order valence-corrected chi connectivity index (χ3v) is 2.30. The number of hydrogen-bond donors (Lipinski definition) is 4. The van der Waals surface area contributed by atoms with E-state index in [2.05, 4.69) is 0 Å². The van der Waals surface area contributed by atoms with Crippen LogP contribution in [0.5, 0.6) is 23.0 Å². The van der Waals surface area contributed by atoms with E-state index in [1.807, 2.05) is 0 Å². The largest absolute Gasteiger partial charge is 0.504 e. The second kappa shape index (κ2) is 3.65. The lowest BCUT2D eigenvalue weighted by molar-refractivity contribution is 0.360. The van der Waals surface area contributed by atoms with E-state index in [0.717, 1.165) is 0 Å². The predicted molar refractivity (Wildman–Crippen MR) is 51.9 cm³/mol. The maximum atomic E-state index is 9.49. The molecule has 0 amide bonds. The first-order valence-electron chi connectivity index (χ1n) is 4.52. The first-order chi connectivity index (χ1) is 6.54. The number of hydrogen-bond acceptors (Lipinski definition) is 4. The zero-order valence-corrected chi connectivity index (χ0v) is 8.20. The lowest BCUT2D eigenvalue weighted by Gasteiger charge is -2.13. The number of phenolic OH excluding ortho intramolecular Hbond substituents is 4. The van der Waals surface area contributed by atoms with Crippen LogP contribution in [0.1, 0.15) is 25.0 Å². The van der Waals surface area contributed by atoms with Gasteiger partial charge in [0.15, 0.2) is 23.0 Å². The van der Waals surface area contributed by atoms with Crippen LogP contribution in [-0.4, -0.2) is 20.4 Å². The Labute approximate surface area is 82.1 Å². The van der Waals surface area contributed by atoms with Crippen LogP contribution in [0.25, 0.3) is 0 Å². The van der Waals surface area contributed by atoms with E-state index in [9.17, 15) is 20.4 Å². The van der Waals surface area contributed by atoms with Crippen LogP contribution in [0, 0.1) is 0 Å². The highest BCUT2D eigenvalue weighted by molar-refractivity contribution is 5.64. The third-order valence-electron chi connectivity index (χ3n) is 2.30.